The van der Waals surface area contributed by atoms with Crippen molar-refractivity contribution in [3.05, 3.63) is 77.3 Å². The molecule has 0 fully saturated rings. The van der Waals surface area contributed by atoms with Crippen molar-refractivity contribution < 1.29 is 19.1 Å². The van der Waals surface area contributed by atoms with Gasteiger partial charge in [-0.1, -0.05) is 36.9 Å². The van der Waals surface area contributed by atoms with Crippen LogP contribution in [0.15, 0.2) is 71.7 Å². The van der Waals surface area contributed by atoms with E-state index in [0.29, 0.717) is 16.0 Å². The van der Waals surface area contributed by atoms with Gasteiger partial charge in [0.1, 0.15) is 11.5 Å². The third-order valence-corrected chi connectivity index (χ3v) is 3.33. The molecule has 0 radical (unpaired) electrons. The minimum absolute atomic E-state index is 0.314. The first-order chi connectivity index (χ1) is 11.1. The highest BCUT2D eigenvalue weighted by molar-refractivity contribution is 9.10. The molecule has 116 valence electrons. The van der Waals surface area contributed by atoms with Gasteiger partial charge in [0, 0.05) is 12.2 Å². The first-order valence-electron chi connectivity index (χ1n) is 6.67. The second kappa shape index (κ2) is 8.10. The summed E-state index contributed by atoms with van der Waals surface area (Å²) in [6, 6.07) is 14.0. The van der Waals surface area contributed by atoms with Gasteiger partial charge in [0.15, 0.2) is 0 Å². The van der Waals surface area contributed by atoms with E-state index in [-0.39, 0.29) is 0 Å². The fourth-order valence-electron chi connectivity index (χ4n) is 1.66. The molecular formula is C18H13BrO4. The Kier molecular flexibility index (Phi) is 5.88. The summed E-state index contributed by atoms with van der Waals surface area (Å²) in [6.07, 6.45) is 4.07. The van der Waals surface area contributed by atoms with Gasteiger partial charge in [0.2, 0.25) is 0 Å². The van der Waals surface area contributed by atoms with Crippen LogP contribution in [0.5, 0.6) is 11.5 Å². The highest BCUT2D eigenvalue weighted by Crippen LogP contribution is 2.29. The second-order valence-electron chi connectivity index (χ2n) is 4.38. The molecule has 4 nitrogen and oxygen atoms in total. The average Bonchev–Trinajstić information content (AvgIpc) is 2.56. The lowest BCUT2D eigenvalue weighted by Crippen LogP contribution is -2.05. The van der Waals surface area contributed by atoms with Gasteiger partial charge in [-0.3, -0.25) is 0 Å². The summed E-state index contributed by atoms with van der Waals surface area (Å²) in [5.41, 5.74) is 0.900. The molecule has 0 atom stereocenters. The molecule has 2 aromatic rings. The van der Waals surface area contributed by atoms with Gasteiger partial charge in [-0.25, -0.2) is 9.59 Å². The number of hydrogen-bond acceptors (Lipinski definition) is 4. The maximum Gasteiger partial charge on any atom is 0.336 e. The van der Waals surface area contributed by atoms with E-state index in [0.717, 1.165) is 11.6 Å². The van der Waals surface area contributed by atoms with Crippen LogP contribution < -0.4 is 9.47 Å². The Balaban J connectivity index is 2.01. The number of hydrogen-bond donors (Lipinski definition) is 0. The van der Waals surface area contributed by atoms with Crippen molar-refractivity contribution in [2.24, 2.45) is 0 Å². The largest absolute Gasteiger partial charge is 0.423 e. The smallest absolute Gasteiger partial charge is 0.336 e. The Morgan fingerprint density at radius 2 is 1.74 bits per heavy atom. The zero-order chi connectivity index (χ0) is 16.7. The Bertz CT molecular complexity index is 751. The molecule has 0 spiro atoms. The summed E-state index contributed by atoms with van der Waals surface area (Å²) in [4.78, 5) is 22.9. The van der Waals surface area contributed by atoms with Gasteiger partial charge in [0.25, 0.3) is 0 Å². The number of rotatable bonds is 5. The summed E-state index contributed by atoms with van der Waals surface area (Å²) < 4.78 is 10.7. The van der Waals surface area contributed by atoms with Crippen molar-refractivity contribution >= 4 is 33.9 Å². The quantitative estimate of drug-likeness (QED) is 0.449. The van der Waals surface area contributed by atoms with E-state index in [2.05, 4.69) is 22.5 Å². The van der Waals surface area contributed by atoms with E-state index in [1.165, 1.54) is 18.2 Å². The molecule has 0 N–H and O–H groups in total. The predicted molar refractivity (Wildman–Crippen MR) is 91.1 cm³/mol. The van der Waals surface area contributed by atoms with Crippen molar-refractivity contribution in [2.75, 3.05) is 0 Å². The number of ether oxygens (including phenoxy) is 2. The van der Waals surface area contributed by atoms with Gasteiger partial charge in [0.05, 0.1) is 4.47 Å². The fraction of sp³-hybridized carbons (Fsp3) is 0. The third-order valence-electron chi connectivity index (χ3n) is 2.71. The van der Waals surface area contributed by atoms with Crippen molar-refractivity contribution in [3.8, 4) is 11.5 Å². The molecule has 0 amide bonds. The van der Waals surface area contributed by atoms with Crippen LogP contribution in [0.3, 0.4) is 0 Å². The Morgan fingerprint density at radius 1 is 1.00 bits per heavy atom. The molecule has 0 bridgehead atoms. The van der Waals surface area contributed by atoms with Crippen LogP contribution in [-0.2, 0) is 9.59 Å². The average molecular weight is 373 g/mol. The van der Waals surface area contributed by atoms with E-state index in [4.69, 9.17) is 9.47 Å². The predicted octanol–water partition coefficient (Wildman–Crippen LogP) is 4.16. The molecule has 0 heterocycles. The van der Waals surface area contributed by atoms with Crippen LogP contribution in [0.25, 0.3) is 6.08 Å². The van der Waals surface area contributed by atoms with Crippen molar-refractivity contribution in [1.29, 1.82) is 0 Å². The highest BCUT2D eigenvalue weighted by atomic mass is 79.9. The summed E-state index contributed by atoms with van der Waals surface area (Å²) in [7, 11) is 0. The molecule has 0 saturated carbocycles. The van der Waals surface area contributed by atoms with E-state index < -0.39 is 11.9 Å². The molecule has 23 heavy (non-hydrogen) atoms. The third kappa shape index (κ3) is 5.23. The lowest BCUT2D eigenvalue weighted by Gasteiger charge is -2.06. The van der Waals surface area contributed by atoms with E-state index in [1.807, 2.05) is 30.3 Å². The Hall–Kier alpha value is -2.66. The molecule has 2 rings (SSSR count). The van der Waals surface area contributed by atoms with Gasteiger partial charge in [-0.05, 0) is 45.8 Å². The van der Waals surface area contributed by atoms with Crippen molar-refractivity contribution in [2.45, 2.75) is 0 Å². The van der Waals surface area contributed by atoms with E-state index in [1.54, 1.807) is 12.1 Å². The standard InChI is InChI=1S/C18H13BrO4/c1-2-17(20)23-16-10-9-14(12-15(16)19)22-18(21)11-8-13-6-4-3-5-7-13/h2-12H,1H2. The first-order valence-corrected chi connectivity index (χ1v) is 7.46. The summed E-state index contributed by atoms with van der Waals surface area (Å²) in [5.74, 6) is -0.426. The second-order valence-corrected chi connectivity index (χ2v) is 5.24. The van der Waals surface area contributed by atoms with Crippen molar-refractivity contribution in [3.63, 3.8) is 0 Å². The topological polar surface area (TPSA) is 52.6 Å². The molecular weight excluding hydrogens is 360 g/mol. The van der Waals surface area contributed by atoms with Crippen LogP contribution in [0.1, 0.15) is 5.56 Å². The highest BCUT2D eigenvalue weighted by Gasteiger charge is 2.08. The number of carbonyl (C=O) groups is 2. The number of benzene rings is 2. The van der Waals surface area contributed by atoms with Crippen LogP contribution >= 0.6 is 15.9 Å². The molecule has 0 aliphatic carbocycles. The fourth-order valence-corrected chi connectivity index (χ4v) is 2.10. The first kappa shape index (κ1) is 16.7. The molecule has 0 aromatic heterocycles. The molecule has 5 heteroatoms. The summed E-state index contributed by atoms with van der Waals surface area (Å²) in [6.45, 7) is 3.32. The van der Waals surface area contributed by atoms with Crippen LogP contribution in [0.4, 0.5) is 0 Å². The molecule has 2 aromatic carbocycles. The molecule has 0 aliphatic rings. The zero-order valence-electron chi connectivity index (χ0n) is 12.1. The SMILES string of the molecule is C=CC(=O)Oc1ccc(OC(=O)C=Cc2ccccc2)cc1Br. The zero-order valence-corrected chi connectivity index (χ0v) is 13.7. The molecule has 0 unspecified atom stereocenters. The van der Waals surface area contributed by atoms with E-state index >= 15 is 0 Å². The summed E-state index contributed by atoms with van der Waals surface area (Å²) in [5, 5.41) is 0. The molecule has 0 saturated heterocycles. The lowest BCUT2D eigenvalue weighted by molar-refractivity contribution is -0.130. The monoisotopic (exact) mass is 372 g/mol. The minimum Gasteiger partial charge on any atom is -0.423 e. The lowest BCUT2D eigenvalue weighted by atomic mass is 10.2. The van der Waals surface area contributed by atoms with Gasteiger partial charge in [-0.15, -0.1) is 0 Å². The van der Waals surface area contributed by atoms with Crippen molar-refractivity contribution in [1.82, 2.24) is 0 Å². The van der Waals surface area contributed by atoms with E-state index in [9.17, 15) is 9.59 Å². The van der Waals surface area contributed by atoms with Gasteiger partial charge < -0.3 is 9.47 Å². The Labute approximate surface area is 142 Å². The van der Waals surface area contributed by atoms with Gasteiger partial charge in [-0.2, -0.15) is 0 Å². The van der Waals surface area contributed by atoms with Gasteiger partial charge >= 0.3 is 11.9 Å². The van der Waals surface area contributed by atoms with Crippen LogP contribution in [-0.4, -0.2) is 11.9 Å². The minimum atomic E-state index is -0.568. The van der Waals surface area contributed by atoms with Crippen LogP contribution in [0, 0.1) is 0 Å². The number of esters is 2. The number of carbonyl (C=O) groups excluding carboxylic acids is 2. The Morgan fingerprint density at radius 3 is 2.39 bits per heavy atom. The maximum atomic E-state index is 11.8. The normalized spacial score (nSPS) is 10.3. The summed E-state index contributed by atoms with van der Waals surface area (Å²) >= 11 is 3.25. The number of halogens is 1. The van der Waals surface area contributed by atoms with Crippen LogP contribution in [0.2, 0.25) is 0 Å². The molecule has 0 aliphatic heterocycles. The maximum absolute atomic E-state index is 11.8.